The van der Waals surface area contributed by atoms with Crippen molar-refractivity contribution in [1.82, 2.24) is 15.0 Å². The Balaban J connectivity index is 0.00000204. The van der Waals surface area contributed by atoms with Gasteiger partial charge in [-0.25, -0.2) is 15.0 Å². The highest BCUT2D eigenvalue weighted by molar-refractivity contribution is 6.03. The Bertz CT molecular complexity index is 1000. The fourth-order valence-corrected chi connectivity index (χ4v) is 4.35. The molecule has 1 N–H and O–H groups in total. The van der Waals surface area contributed by atoms with Gasteiger partial charge in [0, 0.05) is 25.7 Å². The summed E-state index contributed by atoms with van der Waals surface area (Å²) in [5.41, 5.74) is 0.590. The molecule has 0 aromatic carbocycles. The van der Waals surface area contributed by atoms with Crippen molar-refractivity contribution in [2.75, 3.05) is 17.3 Å². The topological polar surface area (TPSA) is 80.2 Å². The maximum Gasteiger partial charge on any atom is 0.417 e. The first-order chi connectivity index (χ1) is 15.0. The number of nitrogens with one attached hydrogen (secondary N) is 1. The Morgan fingerprint density at radius 1 is 1.21 bits per heavy atom. The van der Waals surface area contributed by atoms with Crippen LogP contribution >= 0.6 is 0 Å². The second kappa shape index (κ2) is 10.1. The number of hydrogen-bond acceptors (Lipinski definition) is 6. The van der Waals surface area contributed by atoms with Gasteiger partial charge in [-0.2, -0.15) is 13.2 Å². The molecule has 1 amide bonds. The Morgan fingerprint density at radius 3 is 2.44 bits per heavy atom. The number of carbonyl (C=O) groups is 1. The first-order valence-corrected chi connectivity index (χ1v) is 10.6. The summed E-state index contributed by atoms with van der Waals surface area (Å²) in [5, 5.41) is 2.94. The van der Waals surface area contributed by atoms with Gasteiger partial charge in [-0.15, -0.1) is 0 Å². The molecule has 3 heterocycles. The monoisotopic (exact) mass is 481 g/mol. The number of anilines is 2. The highest BCUT2D eigenvalue weighted by Crippen LogP contribution is 2.37. The number of rotatable bonds is 5. The van der Waals surface area contributed by atoms with Crippen molar-refractivity contribution in [1.29, 1.82) is 0 Å². The van der Waals surface area contributed by atoms with Crippen LogP contribution in [0.5, 0.6) is 5.88 Å². The van der Waals surface area contributed by atoms with Crippen molar-refractivity contribution in [3.63, 3.8) is 0 Å². The number of aromatic nitrogens is 3. The molecule has 0 saturated heterocycles. The normalized spacial score (nSPS) is 21.6. The molecule has 7 nitrogen and oxygen atoms in total. The molecule has 2 aromatic rings. The minimum atomic E-state index is -4.41. The van der Waals surface area contributed by atoms with Crippen LogP contribution in [0.15, 0.2) is 18.3 Å². The minimum Gasteiger partial charge on any atom is -0.474 e. The van der Waals surface area contributed by atoms with E-state index >= 15 is 0 Å². The lowest BCUT2D eigenvalue weighted by molar-refractivity contribution is -0.137. The van der Waals surface area contributed by atoms with Crippen molar-refractivity contribution < 1.29 is 22.7 Å². The van der Waals surface area contributed by atoms with E-state index in [-0.39, 0.29) is 44.7 Å². The number of aryl methyl sites for hydroxylation is 1. The molecular formula is C24H34F3N5O2. The number of fused-ring (bicyclic) bond motifs is 1. The number of carbonyl (C=O) groups excluding carboxylic acids is 1. The van der Waals surface area contributed by atoms with Crippen molar-refractivity contribution in [2.45, 2.75) is 73.2 Å². The zero-order chi connectivity index (χ0) is 23.2. The van der Waals surface area contributed by atoms with Gasteiger partial charge >= 0.3 is 6.18 Å². The average Bonchev–Trinajstić information content (AvgIpc) is 2.67. The molecule has 4 rings (SSSR count). The Hall–Kier alpha value is -2.91. The third-order valence-electron chi connectivity index (χ3n) is 6.03. The Kier molecular flexibility index (Phi) is 8.16. The second-order valence-electron chi connectivity index (χ2n) is 8.88. The van der Waals surface area contributed by atoms with E-state index in [0.29, 0.717) is 23.9 Å². The molecule has 188 valence electrons. The van der Waals surface area contributed by atoms with Gasteiger partial charge in [0.05, 0.1) is 11.3 Å². The van der Waals surface area contributed by atoms with Crippen LogP contribution in [0.1, 0.15) is 58.6 Å². The van der Waals surface area contributed by atoms with Gasteiger partial charge in [-0.3, -0.25) is 4.79 Å². The SMILES string of the molecule is C.C.Cc1nc(CC2CC(Oc3ccc(C(F)(F)F)cn3)C2)nc2c1NC(=O)[C@H](C(C)C)N2C. The van der Waals surface area contributed by atoms with Crippen LogP contribution in [-0.2, 0) is 17.4 Å². The third kappa shape index (κ3) is 5.42. The number of amides is 1. The lowest BCUT2D eigenvalue weighted by atomic mass is 9.80. The molecule has 0 radical (unpaired) electrons. The first-order valence-electron chi connectivity index (χ1n) is 10.6. The molecule has 34 heavy (non-hydrogen) atoms. The van der Waals surface area contributed by atoms with Crippen LogP contribution in [0.25, 0.3) is 0 Å². The predicted octanol–water partition coefficient (Wildman–Crippen LogP) is 5.28. The standard InChI is InChI=1S/C22H26F3N5O2.2CH4/c1-11(2)19-21(31)29-18-12(3)27-16(28-20(18)30(19)4)9-13-7-15(8-13)32-17-6-5-14(10-26-17)22(23,24)25;;/h5-6,10-11,13,15,19H,7-9H2,1-4H3,(H,29,31);2*1H4/t13?,15?,19-;;/m0../s1. The maximum absolute atomic E-state index is 12.6. The van der Waals surface area contributed by atoms with Crippen LogP contribution < -0.4 is 15.0 Å². The number of pyridine rings is 1. The van der Waals surface area contributed by atoms with Crippen molar-refractivity contribution in [2.24, 2.45) is 11.8 Å². The zero-order valence-corrected chi connectivity index (χ0v) is 18.4. The first kappa shape index (κ1) is 27.3. The highest BCUT2D eigenvalue weighted by atomic mass is 19.4. The van der Waals surface area contributed by atoms with Crippen LogP contribution in [0.3, 0.4) is 0 Å². The lowest BCUT2D eigenvalue weighted by Crippen LogP contribution is -2.50. The van der Waals surface area contributed by atoms with Crippen molar-refractivity contribution in [3.8, 4) is 5.88 Å². The third-order valence-corrected chi connectivity index (χ3v) is 6.03. The van der Waals surface area contributed by atoms with E-state index in [2.05, 4.69) is 15.3 Å². The number of hydrogen-bond donors (Lipinski definition) is 1. The molecule has 2 aromatic heterocycles. The van der Waals surface area contributed by atoms with Crippen LogP contribution in [0.4, 0.5) is 24.7 Å². The van der Waals surface area contributed by atoms with E-state index in [0.717, 1.165) is 36.6 Å². The van der Waals surface area contributed by atoms with E-state index in [1.807, 2.05) is 32.7 Å². The molecule has 1 saturated carbocycles. The molecule has 0 spiro atoms. The molecule has 1 atom stereocenters. The van der Waals surface area contributed by atoms with E-state index in [1.165, 1.54) is 6.07 Å². The molecule has 0 unspecified atom stereocenters. The van der Waals surface area contributed by atoms with Crippen molar-refractivity contribution in [3.05, 3.63) is 35.4 Å². The smallest absolute Gasteiger partial charge is 0.417 e. The second-order valence-corrected chi connectivity index (χ2v) is 8.88. The summed E-state index contributed by atoms with van der Waals surface area (Å²) in [5.74, 6) is 2.03. The summed E-state index contributed by atoms with van der Waals surface area (Å²) in [6.45, 7) is 5.86. The summed E-state index contributed by atoms with van der Waals surface area (Å²) in [6.07, 6.45) is -1.54. The van der Waals surface area contributed by atoms with Gasteiger partial charge in [0.1, 0.15) is 23.7 Å². The van der Waals surface area contributed by atoms with Gasteiger partial charge in [0.25, 0.3) is 0 Å². The fraction of sp³-hybridized carbons (Fsp3) is 0.583. The van der Waals surface area contributed by atoms with Crippen molar-refractivity contribution >= 4 is 17.4 Å². The van der Waals surface area contributed by atoms with Gasteiger partial charge in [0.15, 0.2) is 5.82 Å². The fourth-order valence-electron chi connectivity index (χ4n) is 4.35. The largest absolute Gasteiger partial charge is 0.474 e. The molecule has 1 aliphatic carbocycles. The van der Waals surface area contributed by atoms with E-state index in [4.69, 9.17) is 9.72 Å². The van der Waals surface area contributed by atoms with Crippen LogP contribution in [0, 0.1) is 18.8 Å². The number of halogens is 3. The molecule has 1 fully saturated rings. The van der Waals surface area contributed by atoms with Gasteiger partial charge < -0.3 is 15.0 Å². The summed E-state index contributed by atoms with van der Waals surface area (Å²) >= 11 is 0. The molecule has 2 aliphatic rings. The summed E-state index contributed by atoms with van der Waals surface area (Å²) in [6, 6.07) is 1.94. The highest BCUT2D eigenvalue weighted by Gasteiger charge is 2.37. The molecule has 0 bridgehead atoms. The molecule has 1 aliphatic heterocycles. The zero-order valence-electron chi connectivity index (χ0n) is 18.4. The summed E-state index contributed by atoms with van der Waals surface area (Å²) in [4.78, 5) is 27.4. The number of ether oxygens (including phenoxy) is 1. The summed E-state index contributed by atoms with van der Waals surface area (Å²) in [7, 11) is 1.88. The average molecular weight is 482 g/mol. The molecule has 10 heteroatoms. The van der Waals surface area contributed by atoms with Crippen LogP contribution in [-0.4, -0.2) is 40.1 Å². The van der Waals surface area contributed by atoms with E-state index in [1.54, 1.807) is 0 Å². The quantitative estimate of drug-likeness (QED) is 0.626. The van der Waals surface area contributed by atoms with Crippen LogP contribution in [0.2, 0.25) is 0 Å². The number of likely N-dealkylation sites (N-methyl/N-ethyl adjacent to an activating group) is 1. The van der Waals surface area contributed by atoms with E-state index in [9.17, 15) is 18.0 Å². The number of nitrogens with zero attached hydrogens (tertiary/aromatic N) is 4. The van der Waals surface area contributed by atoms with E-state index < -0.39 is 11.7 Å². The Morgan fingerprint density at radius 2 is 1.88 bits per heavy atom. The number of alkyl halides is 3. The van der Waals surface area contributed by atoms with Gasteiger partial charge in [0.2, 0.25) is 11.8 Å². The maximum atomic E-state index is 12.6. The van der Waals surface area contributed by atoms with Gasteiger partial charge in [-0.1, -0.05) is 28.7 Å². The Labute approximate surface area is 199 Å². The predicted molar refractivity (Wildman–Crippen MR) is 126 cm³/mol. The summed E-state index contributed by atoms with van der Waals surface area (Å²) < 4.78 is 43.6. The lowest BCUT2D eigenvalue weighted by Gasteiger charge is -2.37. The van der Waals surface area contributed by atoms with Gasteiger partial charge in [-0.05, 0) is 37.7 Å². The minimum absolute atomic E-state index is 0. The molecular weight excluding hydrogens is 447 g/mol.